The quantitative estimate of drug-likeness (QED) is 0.429. The first-order valence-corrected chi connectivity index (χ1v) is 10.1. The van der Waals surface area contributed by atoms with Gasteiger partial charge in [0.05, 0.1) is 15.9 Å². The van der Waals surface area contributed by atoms with E-state index in [9.17, 15) is 18.0 Å². The normalized spacial score (nSPS) is 11.4. The van der Waals surface area contributed by atoms with Crippen LogP contribution in [-0.4, -0.2) is 38.8 Å². The van der Waals surface area contributed by atoms with Gasteiger partial charge in [-0.2, -0.15) is 4.98 Å². The monoisotopic (exact) mass is 425 g/mol. The predicted molar refractivity (Wildman–Crippen MR) is 108 cm³/mol. The molecule has 0 saturated carbocycles. The summed E-state index contributed by atoms with van der Waals surface area (Å²) in [4.78, 5) is 38.4. The van der Waals surface area contributed by atoms with Gasteiger partial charge in [0.2, 0.25) is 17.8 Å². The number of aromatic nitrogens is 5. The van der Waals surface area contributed by atoms with E-state index in [1.165, 1.54) is 35.2 Å². The Labute approximate surface area is 169 Å². The van der Waals surface area contributed by atoms with Crippen LogP contribution in [0.1, 0.15) is 6.92 Å². The van der Waals surface area contributed by atoms with Crippen LogP contribution < -0.4 is 15.7 Å². The largest absolute Gasteiger partial charge is 0.333 e. The molecule has 0 fully saturated rings. The molecule has 4 aromatic rings. The van der Waals surface area contributed by atoms with Crippen molar-refractivity contribution < 1.29 is 13.2 Å². The molecule has 0 atom stereocenters. The Kier molecular flexibility index (Phi) is 4.75. The van der Waals surface area contributed by atoms with Crippen molar-refractivity contribution >= 4 is 38.6 Å². The number of nitrogens with one attached hydrogen (secondary N) is 3. The van der Waals surface area contributed by atoms with E-state index in [-0.39, 0.29) is 22.5 Å². The highest BCUT2D eigenvalue weighted by molar-refractivity contribution is 7.90. The summed E-state index contributed by atoms with van der Waals surface area (Å²) in [5.74, 6) is -0.392. The SMILES string of the molecule is CC(=O)NS(=O)(=O)c1ccc(Nc2ncnc(-n3c(=O)[nH]c4ccccc43)n2)cc1. The third-order valence-electron chi connectivity index (χ3n) is 4.05. The zero-order valence-corrected chi connectivity index (χ0v) is 16.3. The molecule has 1 amide bonds. The third-order valence-corrected chi connectivity index (χ3v) is 5.50. The molecular formula is C18H15N7O4S. The van der Waals surface area contributed by atoms with Crippen LogP contribution in [0.3, 0.4) is 0 Å². The van der Waals surface area contributed by atoms with Crippen molar-refractivity contribution in [3.63, 3.8) is 0 Å². The van der Waals surface area contributed by atoms with Gasteiger partial charge in [-0.05, 0) is 36.4 Å². The number of benzene rings is 2. The molecule has 0 radical (unpaired) electrons. The minimum Gasteiger partial charge on any atom is -0.324 e. The molecule has 0 aliphatic rings. The van der Waals surface area contributed by atoms with Crippen LogP contribution in [0.25, 0.3) is 17.0 Å². The number of H-pyrrole nitrogens is 1. The summed E-state index contributed by atoms with van der Waals surface area (Å²) in [5.41, 5.74) is 1.38. The van der Waals surface area contributed by atoms with Crippen LogP contribution in [0.5, 0.6) is 0 Å². The van der Waals surface area contributed by atoms with Gasteiger partial charge in [0, 0.05) is 12.6 Å². The van der Waals surface area contributed by atoms with Gasteiger partial charge in [-0.1, -0.05) is 12.1 Å². The fraction of sp³-hybridized carbons (Fsp3) is 0.0556. The van der Waals surface area contributed by atoms with E-state index in [2.05, 4.69) is 25.3 Å². The maximum atomic E-state index is 12.3. The first-order valence-electron chi connectivity index (χ1n) is 8.63. The molecule has 0 unspecified atom stereocenters. The molecule has 4 rings (SSSR count). The second-order valence-electron chi connectivity index (χ2n) is 6.20. The molecule has 2 aromatic heterocycles. The molecule has 12 heteroatoms. The predicted octanol–water partition coefficient (Wildman–Crippen LogP) is 1.07. The van der Waals surface area contributed by atoms with Crippen LogP contribution in [0.2, 0.25) is 0 Å². The van der Waals surface area contributed by atoms with Gasteiger partial charge in [-0.25, -0.2) is 32.5 Å². The van der Waals surface area contributed by atoms with Gasteiger partial charge >= 0.3 is 5.69 Å². The molecule has 152 valence electrons. The Morgan fingerprint density at radius 3 is 2.53 bits per heavy atom. The summed E-state index contributed by atoms with van der Waals surface area (Å²) in [6, 6.07) is 12.8. The maximum absolute atomic E-state index is 12.3. The van der Waals surface area contributed by atoms with Gasteiger partial charge < -0.3 is 10.3 Å². The highest BCUT2D eigenvalue weighted by Crippen LogP contribution is 2.18. The van der Waals surface area contributed by atoms with E-state index >= 15 is 0 Å². The molecule has 30 heavy (non-hydrogen) atoms. The minimum absolute atomic E-state index is 0.0649. The van der Waals surface area contributed by atoms with Gasteiger partial charge in [-0.3, -0.25) is 4.79 Å². The number of rotatable bonds is 5. The lowest BCUT2D eigenvalue weighted by Crippen LogP contribution is -2.28. The van der Waals surface area contributed by atoms with E-state index in [4.69, 9.17) is 0 Å². The second-order valence-corrected chi connectivity index (χ2v) is 7.89. The van der Waals surface area contributed by atoms with Crippen molar-refractivity contribution in [3.05, 3.63) is 65.3 Å². The van der Waals surface area contributed by atoms with Crippen LogP contribution in [0, 0.1) is 0 Å². The van der Waals surface area contributed by atoms with Gasteiger partial charge in [0.1, 0.15) is 6.33 Å². The summed E-state index contributed by atoms with van der Waals surface area (Å²) in [7, 11) is -3.92. The topological polar surface area (TPSA) is 152 Å². The van der Waals surface area contributed by atoms with Gasteiger partial charge in [-0.15, -0.1) is 0 Å². The van der Waals surface area contributed by atoms with Gasteiger partial charge in [0.25, 0.3) is 10.0 Å². The van der Waals surface area contributed by atoms with Crippen molar-refractivity contribution in [2.24, 2.45) is 0 Å². The fourth-order valence-corrected chi connectivity index (χ4v) is 3.79. The van der Waals surface area contributed by atoms with E-state index < -0.39 is 15.9 Å². The number of carbonyl (C=O) groups excluding carboxylic acids is 1. The summed E-state index contributed by atoms with van der Waals surface area (Å²) in [6.45, 7) is 1.12. The van der Waals surface area contributed by atoms with Crippen molar-refractivity contribution in [1.29, 1.82) is 0 Å². The summed E-state index contributed by atoms with van der Waals surface area (Å²) in [5, 5.41) is 2.92. The first kappa shape index (κ1) is 19.3. The summed E-state index contributed by atoms with van der Waals surface area (Å²) >= 11 is 0. The maximum Gasteiger partial charge on any atom is 0.333 e. The van der Waals surface area contributed by atoms with Gasteiger partial charge in [0.15, 0.2) is 0 Å². The lowest BCUT2D eigenvalue weighted by atomic mass is 10.3. The Hall–Kier alpha value is -4.06. The van der Waals surface area contributed by atoms with Crippen molar-refractivity contribution in [3.8, 4) is 5.95 Å². The van der Waals surface area contributed by atoms with Crippen LogP contribution in [0.15, 0.2) is 64.5 Å². The molecule has 11 nitrogen and oxygen atoms in total. The zero-order valence-electron chi connectivity index (χ0n) is 15.5. The number of amides is 1. The van der Waals surface area contributed by atoms with E-state index in [1.54, 1.807) is 24.3 Å². The number of hydrogen-bond acceptors (Lipinski definition) is 8. The Bertz CT molecular complexity index is 1410. The first-order chi connectivity index (χ1) is 14.3. The highest BCUT2D eigenvalue weighted by Gasteiger charge is 2.15. The lowest BCUT2D eigenvalue weighted by molar-refractivity contribution is -0.117. The third kappa shape index (κ3) is 3.75. The summed E-state index contributed by atoms with van der Waals surface area (Å²) < 4.78 is 27.2. The number of aromatic amines is 1. The Morgan fingerprint density at radius 2 is 1.80 bits per heavy atom. The average molecular weight is 425 g/mol. The molecule has 0 spiro atoms. The molecule has 0 saturated heterocycles. The van der Waals surface area contributed by atoms with E-state index in [0.29, 0.717) is 16.7 Å². The molecular weight excluding hydrogens is 410 g/mol. The average Bonchev–Trinajstić information content (AvgIpc) is 3.03. The van der Waals surface area contributed by atoms with Crippen LogP contribution in [0.4, 0.5) is 11.6 Å². The molecule has 0 aliphatic heterocycles. The highest BCUT2D eigenvalue weighted by atomic mass is 32.2. The Balaban J connectivity index is 1.62. The molecule has 3 N–H and O–H groups in total. The Morgan fingerprint density at radius 1 is 1.07 bits per heavy atom. The molecule has 2 heterocycles. The van der Waals surface area contributed by atoms with E-state index in [0.717, 1.165) is 6.92 Å². The number of carbonyl (C=O) groups is 1. The number of sulfonamides is 1. The standard InChI is InChI=1S/C18H15N7O4S/c1-11(26)24-30(28,29)13-8-6-12(7-9-13)21-16-19-10-20-17(23-16)25-15-5-3-2-4-14(15)22-18(25)27/h2-10H,1H3,(H,22,27)(H,24,26)(H,19,20,21,23). The number of nitrogens with zero attached hydrogens (tertiary/aromatic N) is 4. The van der Waals surface area contributed by atoms with E-state index in [1.807, 2.05) is 4.72 Å². The fourth-order valence-electron chi connectivity index (χ4n) is 2.80. The number of fused-ring (bicyclic) bond motifs is 1. The van der Waals surface area contributed by atoms with Crippen LogP contribution in [-0.2, 0) is 14.8 Å². The minimum atomic E-state index is -3.92. The number of anilines is 2. The smallest absolute Gasteiger partial charge is 0.324 e. The second kappa shape index (κ2) is 7.40. The van der Waals surface area contributed by atoms with Crippen molar-refractivity contribution in [2.75, 3.05) is 5.32 Å². The zero-order chi connectivity index (χ0) is 21.3. The van der Waals surface area contributed by atoms with Crippen molar-refractivity contribution in [1.82, 2.24) is 29.2 Å². The molecule has 0 bridgehead atoms. The lowest BCUT2D eigenvalue weighted by Gasteiger charge is -2.08. The number of hydrogen-bond donors (Lipinski definition) is 3. The van der Waals surface area contributed by atoms with Crippen LogP contribution >= 0.6 is 0 Å². The summed E-state index contributed by atoms with van der Waals surface area (Å²) in [6.07, 6.45) is 1.26. The number of para-hydroxylation sites is 2. The number of imidazole rings is 1. The van der Waals surface area contributed by atoms with Crippen molar-refractivity contribution in [2.45, 2.75) is 11.8 Å². The molecule has 0 aliphatic carbocycles. The molecule has 2 aromatic carbocycles.